The van der Waals surface area contributed by atoms with Crippen molar-refractivity contribution in [3.05, 3.63) is 68.2 Å². The fraction of sp³-hybridized carbons (Fsp3) is 0.176. The molecule has 3 rings (SSSR count). The SMILES string of the molecule is COC(=O)c1ccc2c(c1)CCN2C(=O)c1ccc(Cl)c([N+](=O)[O-])c1. The highest BCUT2D eigenvalue weighted by Crippen LogP contribution is 2.32. The van der Waals surface area contributed by atoms with Crippen molar-refractivity contribution in [1.82, 2.24) is 0 Å². The Kier molecular flexibility index (Phi) is 4.41. The van der Waals surface area contributed by atoms with Gasteiger partial charge in [0.25, 0.3) is 11.6 Å². The Hall–Kier alpha value is -2.93. The van der Waals surface area contributed by atoms with Crippen molar-refractivity contribution in [3.8, 4) is 0 Å². The van der Waals surface area contributed by atoms with Crippen LogP contribution < -0.4 is 4.90 Å². The molecule has 0 radical (unpaired) electrons. The van der Waals surface area contributed by atoms with Crippen molar-refractivity contribution in [2.24, 2.45) is 0 Å². The van der Waals surface area contributed by atoms with Crippen LogP contribution in [-0.4, -0.2) is 30.5 Å². The number of methoxy groups -OCH3 is 1. The van der Waals surface area contributed by atoms with Crippen LogP contribution in [-0.2, 0) is 11.2 Å². The Bertz CT molecular complexity index is 897. The van der Waals surface area contributed by atoms with Crippen molar-refractivity contribution < 1.29 is 19.2 Å². The molecule has 1 heterocycles. The van der Waals surface area contributed by atoms with Gasteiger partial charge in [0.2, 0.25) is 0 Å². The standard InChI is InChI=1S/C17H13ClN2O5/c1-25-17(22)12-3-5-14-10(8-12)6-7-19(14)16(21)11-2-4-13(18)15(9-11)20(23)24/h2-5,8-9H,6-7H2,1H3. The number of nitro groups is 1. The third kappa shape index (κ3) is 3.06. The highest BCUT2D eigenvalue weighted by Gasteiger charge is 2.28. The van der Waals surface area contributed by atoms with Gasteiger partial charge < -0.3 is 9.64 Å². The summed E-state index contributed by atoms with van der Waals surface area (Å²) in [6.45, 7) is 0.426. The summed E-state index contributed by atoms with van der Waals surface area (Å²) in [7, 11) is 1.30. The minimum atomic E-state index is -0.625. The fourth-order valence-corrected chi connectivity index (χ4v) is 2.99. The van der Waals surface area contributed by atoms with Gasteiger partial charge in [-0.15, -0.1) is 0 Å². The molecule has 0 unspecified atom stereocenters. The predicted molar refractivity (Wildman–Crippen MR) is 91.3 cm³/mol. The van der Waals surface area contributed by atoms with Gasteiger partial charge >= 0.3 is 5.97 Å². The number of halogens is 1. The van der Waals surface area contributed by atoms with E-state index in [9.17, 15) is 19.7 Å². The molecule has 0 aliphatic carbocycles. The number of benzene rings is 2. The normalized spacial score (nSPS) is 12.6. The highest BCUT2D eigenvalue weighted by atomic mass is 35.5. The largest absolute Gasteiger partial charge is 0.465 e. The van der Waals surface area contributed by atoms with Crippen LogP contribution in [0.5, 0.6) is 0 Å². The topological polar surface area (TPSA) is 89.8 Å². The van der Waals surface area contributed by atoms with E-state index in [4.69, 9.17) is 16.3 Å². The number of anilines is 1. The van der Waals surface area contributed by atoms with Gasteiger partial charge in [-0.1, -0.05) is 11.6 Å². The molecule has 0 fully saturated rings. The Morgan fingerprint density at radius 3 is 2.60 bits per heavy atom. The number of esters is 1. The van der Waals surface area contributed by atoms with Gasteiger partial charge in [0.15, 0.2) is 0 Å². The number of ether oxygens (including phenoxy) is 1. The first kappa shape index (κ1) is 16.9. The van der Waals surface area contributed by atoms with E-state index in [0.717, 1.165) is 5.56 Å². The second-order valence-electron chi connectivity index (χ2n) is 5.47. The molecule has 1 aliphatic heterocycles. The first-order valence-corrected chi connectivity index (χ1v) is 7.77. The third-order valence-corrected chi connectivity index (χ3v) is 4.35. The van der Waals surface area contributed by atoms with E-state index in [1.54, 1.807) is 18.2 Å². The number of carbonyl (C=O) groups excluding carboxylic acids is 2. The Labute approximate surface area is 147 Å². The maximum atomic E-state index is 12.7. The zero-order valence-corrected chi connectivity index (χ0v) is 13.9. The van der Waals surface area contributed by atoms with Crippen molar-refractivity contribution >= 4 is 34.9 Å². The second kappa shape index (κ2) is 6.52. The third-order valence-electron chi connectivity index (χ3n) is 4.03. The number of fused-ring (bicyclic) bond motifs is 1. The number of amides is 1. The molecule has 1 amide bonds. The summed E-state index contributed by atoms with van der Waals surface area (Å²) in [5, 5.41) is 11.0. The zero-order valence-electron chi connectivity index (χ0n) is 13.2. The first-order valence-electron chi connectivity index (χ1n) is 7.39. The van der Waals surface area contributed by atoms with E-state index >= 15 is 0 Å². The summed E-state index contributed by atoms with van der Waals surface area (Å²) in [4.78, 5) is 36.2. The minimum absolute atomic E-state index is 0.0221. The predicted octanol–water partition coefficient (Wildman–Crippen LogP) is 3.24. The van der Waals surface area contributed by atoms with Crippen molar-refractivity contribution in [3.63, 3.8) is 0 Å². The van der Waals surface area contributed by atoms with E-state index in [-0.39, 0.29) is 22.2 Å². The van der Waals surface area contributed by atoms with E-state index in [1.807, 2.05) is 0 Å². The van der Waals surface area contributed by atoms with E-state index in [2.05, 4.69) is 0 Å². The van der Waals surface area contributed by atoms with Gasteiger partial charge in [0, 0.05) is 23.9 Å². The number of nitro benzene ring substituents is 1. The maximum Gasteiger partial charge on any atom is 0.337 e. The van der Waals surface area contributed by atoms with E-state index in [1.165, 1.54) is 30.2 Å². The van der Waals surface area contributed by atoms with Gasteiger partial charge in [0.05, 0.1) is 17.6 Å². The number of hydrogen-bond donors (Lipinski definition) is 0. The van der Waals surface area contributed by atoms with E-state index in [0.29, 0.717) is 24.2 Å². The molecule has 0 saturated carbocycles. The molecule has 7 nitrogen and oxygen atoms in total. The quantitative estimate of drug-likeness (QED) is 0.476. The summed E-state index contributed by atoms with van der Waals surface area (Å²) in [5.74, 6) is -0.801. The molecular formula is C17H13ClN2O5. The lowest BCUT2D eigenvalue weighted by Crippen LogP contribution is -2.28. The number of rotatable bonds is 3. The van der Waals surface area contributed by atoms with Crippen molar-refractivity contribution in [2.75, 3.05) is 18.6 Å². The molecule has 0 N–H and O–H groups in total. The molecule has 0 bridgehead atoms. The van der Waals surface area contributed by atoms with Crippen LogP contribution in [0.25, 0.3) is 0 Å². The van der Waals surface area contributed by atoms with Crippen LogP contribution >= 0.6 is 11.6 Å². The first-order chi connectivity index (χ1) is 11.9. The van der Waals surface area contributed by atoms with Crippen LogP contribution in [0.2, 0.25) is 5.02 Å². The molecule has 0 saturated heterocycles. The molecule has 0 atom stereocenters. The smallest absolute Gasteiger partial charge is 0.337 e. The van der Waals surface area contributed by atoms with Gasteiger partial charge in [-0.25, -0.2) is 4.79 Å². The molecule has 0 aromatic heterocycles. The monoisotopic (exact) mass is 360 g/mol. The van der Waals surface area contributed by atoms with Crippen LogP contribution in [0.15, 0.2) is 36.4 Å². The van der Waals surface area contributed by atoms with Gasteiger partial charge in [0.1, 0.15) is 5.02 Å². The lowest BCUT2D eigenvalue weighted by atomic mass is 10.1. The van der Waals surface area contributed by atoms with Crippen LogP contribution in [0.4, 0.5) is 11.4 Å². The average molecular weight is 361 g/mol. The van der Waals surface area contributed by atoms with Gasteiger partial charge in [-0.2, -0.15) is 0 Å². The number of nitrogens with zero attached hydrogens (tertiary/aromatic N) is 2. The average Bonchev–Trinajstić information content (AvgIpc) is 3.03. The minimum Gasteiger partial charge on any atom is -0.465 e. The summed E-state index contributed by atoms with van der Waals surface area (Å²) in [5.41, 5.74) is 1.81. The molecule has 128 valence electrons. The van der Waals surface area contributed by atoms with Gasteiger partial charge in [-0.3, -0.25) is 14.9 Å². The highest BCUT2D eigenvalue weighted by molar-refractivity contribution is 6.32. The zero-order chi connectivity index (χ0) is 18.1. The molecule has 1 aliphatic rings. The Balaban J connectivity index is 1.93. The van der Waals surface area contributed by atoms with Crippen LogP contribution in [0.1, 0.15) is 26.3 Å². The fourth-order valence-electron chi connectivity index (χ4n) is 2.80. The lowest BCUT2D eigenvalue weighted by Gasteiger charge is -2.17. The summed E-state index contributed by atoms with van der Waals surface area (Å²) in [6.07, 6.45) is 0.585. The van der Waals surface area contributed by atoms with Crippen molar-refractivity contribution in [2.45, 2.75) is 6.42 Å². The summed E-state index contributed by atoms with van der Waals surface area (Å²) in [6, 6.07) is 8.92. The van der Waals surface area contributed by atoms with Gasteiger partial charge in [-0.05, 0) is 42.3 Å². The summed E-state index contributed by atoms with van der Waals surface area (Å²) >= 11 is 5.79. The number of hydrogen-bond acceptors (Lipinski definition) is 5. The van der Waals surface area contributed by atoms with Crippen LogP contribution in [0, 0.1) is 10.1 Å². The Morgan fingerprint density at radius 2 is 1.92 bits per heavy atom. The molecular weight excluding hydrogens is 348 g/mol. The Morgan fingerprint density at radius 1 is 1.20 bits per heavy atom. The molecule has 2 aromatic carbocycles. The van der Waals surface area contributed by atoms with Crippen molar-refractivity contribution in [1.29, 1.82) is 0 Å². The molecule has 2 aromatic rings. The number of carbonyl (C=O) groups is 2. The van der Waals surface area contributed by atoms with Crippen LogP contribution in [0.3, 0.4) is 0 Å². The molecule has 0 spiro atoms. The molecule has 25 heavy (non-hydrogen) atoms. The maximum absolute atomic E-state index is 12.7. The van der Waals surface area contributed by atoms with E-state index < -0.39 is 10.9 Å². The lowest BCUT2D eigenvalue weighted by molar-refractivity contribution is -0.384. The second-order valence-corrected chi connectivity index (χ2v) is 5.87. The summed E-state index contributed by atoms with van der Waals surface area (Å²) < 4.78 is 4.69. The molecule has 8 heteroatoms.